The molecular weight excluding hydrogens is 763 g/mol. The average molecular weight is 802 g/mol. The van der Waals surface area contributed by atoms with Crippen LogP contribution in [0.4, 0.5) is 11.4 Å². The van der Waals surface area contributed by atoms with Gasteiger partial charge in [0.15, 0.2) is 12.4 Å². The summed E-state index contributed by atoms with van der Waals surface area (Å²) in [6.07, 6.45) is 0.0400. The first-order valence-corrected chi connectivity index (χ1v) is 18.4. The van der Waals surface area contributed by atoms with Crippen LogP contribution in [0, 0.1) is 0 Å². The third-order valence-corrected chi connectivity index (χ3v) is 9.53. The lowest BCUT2D eigenvalue weighted by molar-refractivity contribution is -0.140. The highest BCUT2D eigenvalue weighted by atomic mass is 35.5. The van der Waals surface area contributed by atoms with Gasteiger partial charge < -0.3 is 25.4 Å². The number of fused-ring (bicyclic) bond motifs is 1. The lowest BCUT2D eigenvalue weighted by Gasteiger charge is -2.26. The molecule has 290 valence electrons. The molecule has 5 rings (SSSR count). The summed E-state index contributed by atoms with van der Waals surface area (Å²) in [4.78, 5) is 95.2. The number of rotatable bonds is 16. The minimum absolute atomic E-state index is 0.0325. The number of carboxylic acids is 1. The molecule has 0 bridgehead atoms. The lowest BCUT2D eigenvalue weighted by atomic mass is 10.1. The molecule has 0 aromatic heterocycles. The van der Waals surface area contributed by atoms with Crippen LogP contribution in [0.3, 0.4) is 0 Å². The smallest absolute Gasteiger partial charge is 0.341 e. The minimum Gasteiger partial charge on any atom is -0.481 e. The van der Waals surface area contributed by atoms with E-state index in [1.54, 1.807) is 18.2 Å². The van der Waals surface area contributed by atoms with E-state index < -0.39 is 67.1 Å². The van der Waals surface area contributed by atoms with Crippen molar-refractivity contribution in [2.75, 3.05) is 29.5 Å². The number of halogens is 2. The van der Waals surface area contributed by atoms with Crippen molar-refractivity contribution in [3.63, 3.8) is 0 Å². The zero-order chi connectivity index (χ0) is 40.2. The molecule has 1 heterocycles. The number of Topliss-reactive ketones (excluding diaryl/α,β-unsaturated/α-hetero) is 1. The SMILES string of the molecule is O=C(O)C[C@H](NC(=O)CN1C(=O)[C@@H](NC(=O)CCc2ccccc2)CN(C(=O)CCc2ccccc2)c2ccccc21)C(=O)COC(=O)c1c(Cl)cccc1Cl. The van der Waals surface area contributed by atoms with E-state index >= 15 is 0 Å². The van der Waals surface area contributed by atoms with Gasteiger partial charge in [-0.2, -0.15) is 0 Å². The first kappa shape index (κ1) is 41.1. The van der Waals surface area contributed by atoms with Crippen LogP contribution in [-0.4, -0.2) is 78.2 Å². The number of aliphatic carboxylic acids is 1. The highest BCUT2D eigenvalue weighted by Gasteiger charge is 2.38. The van der Waals surface area contributed by atoms with Gasteiger partial charge in [0, 0.05) is 12.8 Å². The molecule has 0 aliphatic carbocycles. The topological polar surface area (TPSA) is 179 Å². The van der Waals surface area contributed by atoms with Gasteiger partial charge in [0.25, 0.3) is 5.91 Å². The summed E-state index contributed by atoms with van der Waals surface area (Å²) in [5.41, 5.74) is 2.11. The maximum Gasteiger partial charge on any atom is 0.341 e. The molecule has 0 spiro atoms. The van der Waals surface area contributed by atoms with Crippen molar-refractivity contribution in [2.45, 2.75) is 44.2 Å². The number of benzene rings is 4. The number of carbonyl (C=O) groups is 7. The van der Waals surface area contributed by atoms with E-state index in [-0.39, 0.29) is 46.6 Å². The number of ketones is 1. The summed E-state index contributed by atoms with van der Waals surface area (Å²) in [6.45, 7) is -1.89. The summed E-state index contributed by atoms with van der Waals surface area (Å²) in [5.74, 6) is -5.89. The Morgan fingerprint density at radius 2 is 1.32 bits per heavy atom. The molecule has 0 radical (unpaired) electrons. The molecule has 1 aliphatic heterocycles. The number of nitrogens with zero attached hydrogens (tertiary/aromatic N) is 2. The lowest BCUT2D eigenvalue weighted by Crippen LogP contribution is -2.55. The van der Waals surface area contributed by atoms with E-state index in [1.807, 2.05) is 60.7 Å². The van der Waals surface area contributed by atoms with Crippen molar-refractivity contribution in [2.24, 2.45) is 0 Å². The van der Waals surface area contributed by atoms with Crippen molar-refractivity contribution < 1.29 is 43.4 Å². The van der Waals surface area contributed by atoms with E-state index in [4.69, 9.17) is 27.9 Å². The third kappa shape index (κ3) is 11.0. The van der Waals surface area contributed by atoms with E-state index in [1.165, 1.54) is 29.2 Å². The number of hydrogen-bond acceptors (Lipinski definition) is 8. The van der Waals surface area contributed by atoms with Crippen molar-refractivity contribution in [3.8, 4) is 0 Å². The fourth-order valence-corrected chi connectivity index (χ4v) is 6.65. The van der Waals surface area contributed by atoms with Gasteiger partial charge in [-0.3, -0.25) is 33.7 Å². The van der Waals surface area contributed by atoms with Crippen LogP contribution < -0.4 is 20.4 Å². The molecule has 1 aliphatic rings. The van der Waals surface area contributed by atoms with Gasteiger partial charge in [0.2, 0.25) is 17.7 Å². The van der Waals surface area contributed by atoms with Gasteiger partial charge in [-0.05, 0) is 48.2 Å². The number of aryl methyl sites for hydroxylation is 2. The van der Waals surface area contributed by atoms with Crippen LogP contribution in [0.5, 0.6) is 0 Å². The van der Waals surface area contributed by atoms with Gasteiger partial charge in [-0.25, -0.2) is 4.79 Å². The maximum atomic E-state index is 14.3. The highest BCUT2D eigenvalue weighted by Crippen LogP contribution is 2.33. The molecule has 4 amide bonds. The Bertz CT molecular complexity index is 2080. The third-order valence-electron chi connectivity index (χ3n) is 8.90. The number of esters is 1. The monoisotopic (exact) mass is 800 g/mol. The quantitative estimate of drug-likeness (QED) is 0.134. The van der Waals surface area contributed by atoms with Gasteiger partial charge >= 0.3 is 11.9 Å². The van der Waals surface area contributed by atoms with E-state index in [0.717, 1.165) is 16.0 Å². The molecule has 4 aromatic rings. The van der Waals surface area contributed by atoms with Gasteiger partial charge in [0.05, 0.1) is 39.9 Å². The van der Waals surface area contributed by atoms with E-state index in [0.29, 0.717) is 18.5 Å². The van der Waals surface area contributed by atoms with Crippen LogP contribution in [0.25, 0.3) is 0 Å². The number of carbonyl (C=O) groups excluding carboxylic acids is 6. The Kier molecular flexibility index (Phi) is 14.3. The number of nitrogens with one attached hydrogen (secondary N) is 2. The summed E-state index contributed by atoms with van der Waals surface area (Å²) in [6, 6.07) is 26.4. The molecular formula is C41H38Cl2N4O9. The molecule has 0 unspecified atom stereocenters. The predicted octanol–water partition coefficient (Wildman–Crippen LogP) is 4.81. The largest absolute Gasteiger partial charge is 0.481 e. The molecule has 3 N–H and O–H groups in total. The molecule has 4 aromatic carbocycles. The fraction of sp³-hybridized carbons (Fsp3) is 0.244. The molecule has 13 nitrogen and oxygen atoms in total. The number of carboxylic acid groups (broad SMARTS) is 1. The Balaban J connectivity index is 1.36. The van der Waals surface area contributed by atoms with Crippen LogP contribution in [-0.2, 0) is 46.3 Å². The Labute approximate surface area is 332 Å². The van der Waals surface area contributed by atoms with Crippen molar-refractivity contribution in [1.29, 1.82) is 0 Å². The predicted molar refractivity (Wildman–Crippen MR) is 209 cm³/mol. The summed E-state index contributed by atoms with van der Waals surface area (Å²) < 4.78 is 5.06. The average Bonchev–Trinajstić information content (AvgIpc) is 3.29. The number of hydrogen-bond donors (Lipinski definition) is 3. The minimum atomic E-state index is -1.67. The molecule has 0 saturated carbocycles. The van der Waals surface area contributed by atoms with Crippen LogP contribution in [0.15, 0.2) is 103 Å². The van der Waals surface area contributed by atoms with Crippen molar-refractivity contribution >= 4 is 75.9 Å². The maximum absolute atomic E-state index is 14.3. The molecule has 0 saturated heterocycles. The summed E-state index contributed by atoms with van der Waals surface area (Å²) in [7, 11) is 0. The number of para-hydroxylation sites is 2. The second-order valence-corrected chi connectivity index (χ2v) is 13.7. The fourth-order valence-electron chi connectivity index (χ4n) is 6.10. The molecule has 15 heteroatoms. The summed E-state index contributed by atoms with van der Waals surface area (Å²) in [5, 5.41) is 14.6. The van der Waals surface area contributed by atoms with Gasteiger partial charge in [0.1, 0.15) is 18.6 Å². The van der Waals surface area contributed by atoms with Crippen LogP contribution in [0.1, 0.15) is 40.7 Å². The van der Waals surface area contributed by atoms with Gasteiger partial charge in [-0.15, -0.1) is 0 Å². The first-order valence-electron chi connectivity index (χ1n) is 17.6. The Morgan fingerprint density at radius 3 is 1.93 bits per heavy atom. The zero-order valence-corrected chi connectivity index (χ0v) is 31.5. The number of amides is 4. The van der Waals surface area contributed by atoms with Crippen molar-refractivity contribution in [3.05, 3.63) is 130 Å². The van der Waals surface area contributed by atoms with Gasteiger partial charge in [-0.1, -0.05) is 102 Å². The second-order valence-electron chi connectivity index (χ2n) is 12.9. The molecule has 56 heavy (non-hydrogen) atoms. The Morgan fingerprint density at radius 1 is 0.750 bits per heavy atom. The number of anilines is 2. The second kappa shape index (κ2) is 19.5. The molecule has 2 atom stereocenters. The highest BCUT2D eigenvalue weighted by molar-refractivity contribution is 6.39. The van der Waals surface area contributed by atoms with Crippen LogP contribution in [0.2, 0.25) is 10.0 Å². The van der Waals surface area contributed by atoms with Crippen molar-refractivity contribution in [1.82, 2.24) is 10.6 Å². The Hall–Kier alpha value is -6.05. The standard InChI is InChI=1S/C41H38Cl2N4O9/c42-28-14-9-15-29(43)39(28)41(55)56-25-34(48)30(22-38(52)53)44-36(50)24-47-33-17-8-7-16-32(33)46(37(51)21-19-27-12-5-2-6-13-27)23-31(40(47)54)45-35(49)20-18-26-10-3-1-4-11-26/h1-17,30-31H,18-25H2,(H,44,50)(H,45,49)(H,52,53)/t30-,31-/m0/s1. The number of ether oxygens (including phenoxy) is 1. The summed E-state index contributed by atoms with van der Waals surface area (Å²) >= 11 is 12.1. The first-order chi connectivity index (χ1) is 26.9. The molecule has 0 fully saturated rings. The normalized spacial score (nSPS) is 14.2. The zero-order valence-electron chi connectivity index (χ0n) is 30.0. The van der Waals surface area contributed by atoms with E-state index in [9.17, 15) is 38.7 Å². The van der Waals surface area contributed by atoms with E-state index in [2.05, 4.69) is 10.6 Å². The van der Waals surface area contributed by atoms with Crippen LogP contribution >= 0.6 is 23.2 Å².